The molecule has 0 aliphatic rings. The van der Waals surface area contributed by atoms with Gasteiger partial charge in [-0.15, -0.1) is 4.57 Å². The molecule has 0 aliphatic carbocycles. The molecule has 1 nitrogen and oxygen atoms in total. The van der Waals surface area contributed by atoms with Crippen LogP contribution in [0.2, 0.25) is 39.3 Å². The number of rotatable bonds is 2. The van der Waals surface area contributed by atoms with E-state index >= 15 is 0 Å². The zero-order chi connectivity index (χ0) is 8.58. The van der Waals surface area contributed by atoms with Crippen LogP contribution in [0.25, 0.3) is 0 Å². The summed E-state index contributed by atoms with van der Waals surface area (Å²) < 4.78 is 11.8. The minimum absolute atomic E-state index is 0.835. The first-order valence-corrected chi connectivity index (χ1v) is 13.6. The van der Waals surface area contributed by atoms with Crippen LogP contribution in [0.3, 0.4) is 0 Å². The topological polar surface area (TPSA) is 17.1 Å². The Hall–Kier alpha value is 0.534. The third kappa shape index (κ3) is 3.08. The molecule has 0 N–H and O–H groups in total. The summed E-state index contributed by atoms with van der Waals surface area (Å²) in [4.78, 5) is 0. The highest BCUT2D eigenvalue weighted by atomic mass is 31.6. The lowest BCUT2D eigenvalue weighted by atomic mass is 11.8. The van der Waals surface area contributed by atoms with Gasteiger partial charge in [-0.2, -0.15) is 0 Å². The van der Waals surface area contributed by atoms with Crippen LogP contribution in [-0.2, 0) is 4.57 Å². The van der Waals surface area contributed by atoms with Gasteiger partial charge in [0.15, 0.2) is 0 Å². The van der Waals surface area contributed by atoms with E-state index in [9.17, 15) is 4.57 Å². The molecule has 60 valence electrons. The standard InChI is InChI=1S/C6H18OPSi2/c1-9(2,3)8(7)10(4,5)6/h1-6H3/q+1. The Morgan fingerprint density at radius 3 is 1.00 bits per heavy atom. The first kappa shape index (κ1) is 10.5. The normalized spacial score (nSPS) is 13.4. The molecule has 0 radical (unpaired) electrons. The Morgan fingerprint density at radius 2 is 1.00 bits per heavy atom. The van der Waals surface area contributed by atoms with Crippen molar-refractivity contribution >= 4 is 22.4 Å². The van der Waals surface area contributed by atoms with Gasteiger partial charge in [0.05, 0.1) is 0 Å². The van der Waals surface area contributed by atoms with Gasteiger partial charge in [0.2, 0.25) is 6.90 Å². The Balaban J connectivity index is 4.40. The van der Waals surface area contributed by atoms with Gasteiger partial charge in [0.25, 0.3) is 0 Å². The fourth-order valence-electron chi connectivity index (χ4n) is 1.01. The summed E-state index contributed by atoms with van der Waals surface area (Å²) in [7, 11) is -2.65. The van der Waals surface area contributed by atoms with Crippen LogP contribution in [0.15, 0.2) is 0 Å². The molecule has 10 heavy (non-hydrogen) atoms. The van der Waals surface area contributed by atoms with Crippen molar-refractivity contribution in [3.8, 4) is 0 Å². The highest BCUT2D eigenvalue weighted by molar-refractivity contribution is 8.10. The minimum Gasteiger partial charge on any atom is -0.112 e. The molecule has 0 aromatic heterocycles. The quantitative estimate of drug-likeness (QED) is 0.485. The van der Waals surface area contributed by atoms with E-state index in [1.807, 2.05) is 0 Å². The van der Waals surface area contributed by atoms with Gasteiger partial charge in [-0.3, -0.25) is 0 Å². The lowest BCUT2D eigenvalue weighted by Gasteiger charge is -2.10. The summed E-state index contributed by atoms with van der Waals surface area (Å²) in [5.74, 6) is 0. The molecule has 0 rings (SSSR count). The van der Waals surface area contributed by atoms with E-state index in [0.29, 0.717) is 0 Å². The van der Waals surface area contributed by atoms with Crippen LogP contribution >= 0.6 is 6.90 Å². The average molecular weight is 193 g/mol. The molecule has 0 saturated heterocycles. The SMILES string of the molecule is C[Si](C)(C)[P+](=O)[Si](C)(C)C. The molecule has 0 amide bonds. The summed E-state index contributed by atoms with van der Waals surface area (Å²) in [6.07, 6.45) is 0. The summed E-state index contributed by atoms with van der Waals surface area (Å²) in [6.45, 7) is 12.4. The smallest absolute Gasteiger partial charge is 0.112 e. The summed E-state index contributed by atoms with van der Waals surface area (Å²) in [5.41, 5.74) is 0. The third-order valence-corrected chi connectivity index (χ3v) is 23.0. The molecule has 0 aromatic rings. The molecule has 0 spiro atoms. The number of hydrogen-bond donors (Lipinski definition) is 0. The van der Waals surface area contributed by atoms with Crippen molar-refractivity contribution in [2.75, 3.05) is 0 Å². The minimum atomic E-state index is -1.33. The van der Waals surface area contributed by atoms with Crippen LogP contribution in [0, 0.1) is 0 Å². The fraction of sp³-hybridized carbons (Fsp3) is 1.00. The molecule has 0 atom stereocenters. The molecule has 4 heteroatoms. The fourth-order valence-corrected chi connectivity index (χ4v) is 27.2. The van der Waals surface area contributed by atoms with E-state index in [1.165, 1.54) is 0 Å². The zero-order valence-corrected chi connectivity index (χ0v) is 10.7. The highest BCUT2D eigenvalue weighted by Gasteiger charge is 2.48. The van der Waals surface area contributed by atoms with Crippen LogP contribution in [0.1, 0.15) is 0 Å². The van der Waals surface area contributed by atoms with Crippen molar-refractivity contribution in [1.29, 1.82) is 0 Å². The Morgan fingerprint density at radius 1 is 0.800 bits per heavy atom. The highest BCUT2D eigenvalue weighted by Crippen LogP contribution is 2.43. The van der Waals surface area contributed by atoms with E-state index in [0.717, 1.165) is 0 Å². The monoisotopic (exact) mass is 193 g/mol. The largest absolute Gasteiger partial charge is 0.311 e. The van der Waals surface area contributed by atoms with E-state index in [1.54, 1.807) is 0 Å². The summed E-state index contributed by atoms with van der Waals surface area (Å²) in [6, 6.07) is 0. The molecule has 0 fully saturated rings. The predicted molar refractivity (Wildman–Crippen MR) is 54.3 cm³/mol. The van der Waals surface area contributed by atoms with E-state index in [2.05, 4.69) is 39.3 Å². The van der Waals surface area contributed by atoms with Crippen molar-refractivity contribution in [3.05, 3.63) is 0 Å². The maximum atomic E-state index is 11.8. The molecule has 0 saturated carbocycles. The van der Waals surface area contributed by atoms with Crippen molar-refractivity contribution in [2.24, 2.45) is 0 Å². The average Bonchev–Trinajstić information content (AvgIpc) is 1.59. The van der Waals surface area contributed by atoms with E-state index in [4.69, 9.17) is 0 Å². The predicted octanol–water partition coefficient (Wildman–Crippen LogP) is 3.48. The molecular formula is C6H18OPSi2+. The first-order chi connectivity index (χ1) is 4.15. The van der Waals surface area contributed by atoms with Crippen molar-refractivity contribution < 1.29 is 4.57 Å². The van der Waals surface area contributed by atoms with Gasteiger partial charge in [0.1, 0.15) is 0 Å². The van der Waals surface area contributed by atoms with E-state index < -0.39 is 22.4 Å². The maximum Gasteiger partial charge on any atom is 0.311 e. The van der Waals surface area contributed by atoms with Crippen LogP contribution in [0.5, 0.6) is 0 Å². The molecule has 0 heterocycles. The Labute approximate surface area is 66.7 Å². The lowest BCUT2D eigenvalue weighted by Crippen LogP contribution is -2.27. The van der Waals surface area contributed by atoms with Crippen LogP contribution < -0.4 is 0 Å². The second kappa shape index (κ2) is 2.88. The van der Waals surface area contributed by atoms with Gasteiger partial charge >= 0.3 is 15.5 Å². The Bertz CT molecular complexity index is 127. The second-order valence-electron chi connectivity index (χ2n) is 4.64. The molecule has 0 aliphatic heterocycles. The van der Waals surface area contributed by atoms with Crippen molar-refractivity contribution in [3.63, 3.8) is 0 Å². The molecule has 0 unspecified atom stereocenters. The van der Waals surface area contributed by atoms with Gasteiger partial charge in [-0.05, 0) is 39.3 Å². The number of hydrogen-bond acceptors (Lipinski definition) is 1. The summed E-state index contributed by atoms with van der Waals surface area (Å²) >= 11 is 0. The van der Waals surface area contributed by atoms with Crippen molar-refractivity contribution in [1.82, 2.24) is 0 Å². The van der Waals surface area contributed by atoms with Gasteiger partial charge < -0.3 is 0 Å². The van der Waals surface area contributed by atoms with Crippen molar-refractivity contribution in [2.45, 2.75) is 39.3 Å². The molecular weight excluding hydrogens is 175 g/mol. The zero-order valence-electron chi connectivity index (χ0n) is 7.86. The van der Waals surface area contributed by atoms with Crippen LogP contribution in [0.4, 0.5) is 0 Å². The second-order valence-corrected chi connectivity index (χ2v) is 25.7. The van der Waals surface area contributed by atoms with Crippen LogP contribution in [-0.4, -0.2) is 15.5 Å². The molecule has 0 aromatic carbocycles. The van der Waals surface area contributed by atoms with Gasteiger partial charge in [0, 0.05) is 0 Å². The first-order valence-electron chi connectivity index (χ1n) is 3.63. The van der Waals surface area contributed by atoms with E-state index in [-0.39, 0.29) is 0 Å². The lowest BCUT2D eigenvalue weighted by molar-refractivity contribution is 0.600. The summed E-state index contributed by atoms with van der Waals surface area (Å²) in [5, 5.41) is 0. The Kier molecular flexibility index (Phi) is 3.03. The maximum absolute atomic E-state index is 11.8. The third-order valence-electron chi connectivity index (χ3n) is 1.22. The molecule has 0 bridgehead atoms. The van der Waals surface area contributed by atoms with Gasteiger partial charge in [-0.25, -0.2) is 0 Å². The van der Waals surface area contributed by atoms with Gasteiger partial charge in [-0.1, -0.05) is 0 Å².